The number of aliphatic hydroxyl groups excluding tert-OH is 1. The van der Waals surface area contributed by atoms with Gasteiger partial charge in [0.25, 0.3) is 0 Å². The lowest BCUT2D eigenvalue weighted by atomic mass is 9.67. The topological polar surface area (TPSA) is 67.3 Å². The molecule has 0 spiro atoms. The van der Waals surface area contributed by atoms with Crippen molar-refractivity contribution in [2.45, 2.75) is 32.6 Å². The van der Waals surface area contributed by atoms with E-state index in [-0.39, 0.29) is 12.0 Å². The van der Waals surface area contributed by atoms with E-state index in [4.69, 9.17) is 9.84 Å². The van der Waals surface area contributed by atoms with Crippen molar-refractivity contribution < 1.29 is 9.84 Å². The zero-order chi connectivity index (χ0) is 12.8. The summed E-state index contributed by atoms with van der Waals surface area (Å²) in [5.41, 5.74) is 0.248. The molecule has 100 valence electrons. The molecule has 0 aliphatic heterocycles. The predicted molar refractivity (Wildman–Crippen MR) is 69.7 cm³/mol. The van der Waals surface area contributed by atoms with E-state index in [2.05, 4.69) is 15.3 Å². The number of aliphatic hydroxyl groups is 1. The summed E-state index contributed by atoms with van der Waals surface area (Å²) in [5, 5.41) is 12.4. The van der Waals surface area contributed by atoms with Gasteiger partial charge in [-0.1, -0.05) is 6.42 Å². The number of anilines is 1. The van der Waals surface area contributed by atoms with Crippen molar-refractivity contribution in [3.63, 3.8) is 0 Å². The maximum atomic E-state index is 9.10. The van der Waals surface area contributed by atoms with E-state index in [1.807, 2.05) is 6.92 Å². The molecule has 2 rings (SSSR count). The van der Waals surface area contributed by atoms with E-state index in [1.165, 1.54) is 19.3 Å². The average Bonchev–Trinajstić information content (AvgIpc) is 2.33. The van der Waals surface area contributed by atoms with Gasteiger partial charge in [0.1, 0.15) is 5.82 Å². The molecule has 0 unspecified atom stereocenters. The zero-order valence-electron chi connectivity index (χ0n) is 10.9. The van der Waals surface area contributed by atoms with Crippen molar-refractivity contribution >= 4 is 5.82 Å². The van der Waals surface area contributed by atoms with Crippen molar-refractivity contribution in [3.05, 3.63) is 12.4 Å². The summed E-state index contributed by atoms with van der Waals surface area (Å²) in [4.78, 5) is 8.42. The molecule has 5 heteroatoms. The molecule has 1 aliphatic carbocycles. The molecule has 1 heterocycles. The molecule has 0 atom stereocenters. The molecule has 1 saturated carbocycles. The van der Waals surface area contributed by atoms with Gasteiger partial charge in [-0.25, -0.2) is 0 Å². The lowest BCUT2D eigenvalue weighted by Crippen LogP contribution is -2.37. The lowest BCUT2D eigenvalue weighted by Gasteiger charge is -2.41. The summed E-state index contributed by atoms with van der Waals surface area (Å²) in [6.45, 7) is 3.61. The van der Waals surface area contributed by atoms with Gasteiger partial charge in [-0.15, -0.1) is 0 Å². The Morgan fingerprint density at radius 3 is 2.89 bits per heavy atom. The average molecular weight is 251 g/mol. The first kappa shape index (κ1) is 13.1. The number of nitrogens with zero attached hydrogens (tertiary/aromatic N) is 2. The fraction of sp³-hybridized carbons (Fsp3) is 0.692. The van der Waals surface area contributed by atoms with Crippen molar-refractivity contribution in [2.75, 3.05) is 25.1 Å². The Hall–Kier alpha value is -1.36. The number of hydrogen-bond acceptors (Lipinski definition) is 5. The molecule has 5 nitrogen and oxygen atoms in total. The first-order chi connectivity index (χ1) is 8.78. The van der Waals surface area contributed by atoms with Crippen LogP contribution in [0, 0.1) is 5.41 Å². The molecule has 18 heavy (non-hydrogen) atoms. The highest BCUT2D eigenvalue weighted by atomic mass is 16.5. The minimum atomic E-state index is 0.248. The van der Waals surface area contributed by atoms with Crippen molar-refractivity contribution in [1.82, 2.24) is 9.97 Å². The second-order valence-corrected chi connectivity index (χ2v) is 4.86. The largest absolute Gasteiger partial charge is 0.477 e. The minimum absolute atomic E-state index is 0.248. The van der Waals surface area contributed by atoms with Crippen LogP contribution in [-0.2, 0) is 0 Å². The van der Waals surface area contributed by atoms with Gasteiger partial charge in [0.05, 0.1) is 19.0 Å². The van der Waals surface area contributed by atoms with Gasteiger partial charge in [0.15, 0.2) is 0 Å². The highest BCUT2D eigenvalue weighted by Gasteiger charge is 2.36. The van der Waals surface area contributed by atoms with Crippen LogP contribution >= 0.6 is 0 Å². The molecule has 1 aliphatic rings. The molecule has 1 aromatic heterocycles. The monoisotopic (exact) mass is 251 g/mol. The van der Waals surface area contributed by atoms with E-state index in [0.717, 1.165) is 18.8 Å². The van der Waals surface area contributed by atoms with Crippen LogP contribution in [0.1, 0.15) is 32.6 Å². The second kappa shape index (κ2) is 6.00. The maximum absolute atomic E-state index is 9.10. The van der Waals surface area contributed by atoms with Crippen LogP contribution in [0.4, 0.5) is 5.82 Å². The van der Waals surface area contributed by atoms with Crippen LogP contribution in [0.2, 0.25) is 0 Å². The van der Waals surface area contributed by atoms with Crippen molar-refractivity contribution in [1.29, 1.82) is 0 Å². The third-order valence-corrected chi connectivity index (χ3v) is 3.61. The van der Waals surface area contributed by atoms with Gasteiger partial charge in [0.2, 0.25) is 5.88 Å². The quantitative estimate of drug-likeness (QED) is 0.774. The fourth-order valence-electron chi connectivity index (χ4n) is 2.36. The molecule has 0 bridgehead atoms. The van der Waals surface area contributed by atoms with Crippen LogP contribution in [0.15, 0.2) is 12.4 Å². The lowest BCUT2D eigenvalue weighted by molar-refractivity contribution is 0.101. The van der Waals surface area contributed by atoms with Gasteiger partial charge in [0, 0.05) is 13.2 Å². The molecule has 0 saturated heterocycles. The molecule has 0 radical (unpaired) electrons. The number of aromatic nitrogens is 2. The Morgan fingerprint density at radius 1 is 1.44 bits per heavy atom. The molecule has 1 fully saturated rings. The van der Waals surface area contributed by atoms with Gasteiger partial charge in [-0.3, -0.25) is 4.98 Å². The number of ether oxygens (including phenoxy) is 1. The Bertz CT molecular complexity index is 380. The van der Waals surface area contributed by atoms with E-state index in [9.17, 15) is 0 Å². The zero-order valence-corrected chi connectivity index (χ0v) is 10.9. The van der Waals surface area contributed by atoms with Gasteiger partial charge in [-0.05, 0) is 31.6 Å². The molecular formula is C13H21N3O2. The fourth-order valence-corrected chi connectivity index (χ4v) is 2.36. The van der Waals surface area contributed by atoms with E-state index in [0.29, 0.717) is 12.5 Å². The first-order valence-electron chi connectivity index (χ1n) is 6.57. The van der Waals surface area contributed by atoms with Crippen molar-refractivity contribution in [2.24, 2.45) is 5.41 Å². The van der Waals surface area contributed by atoms with Gasteiger partial charge < -0.3 is 15.2 Å². The molecule has 0 aromatic carbocycles. The third kappa shape index (κ3) is 3.10. The van der Waals surface area contributed by atoms with E-state index in [1.54, 1.807) is 12.4 Å². The predicted octanol–water partition coefficient (Wildman–Crippen LogP) is 1.84. The van der Waals surface area contributed by atoms with Crippen molar-refractivity contribution in [3.8, 4) is 5.88 Å². The number of rotatable bonds is 7. The highest BCUT2D eigenvalue weighted by molar-refractivity contribution is 5.33. The van der Waals surface area contributed by atoms with Gasteiger partial charge >= 0.3 is 0 Å². The van der Waals surface area contributed by atoms with Gasteiger partial charge in [-0.2, -0.15) is 4.98 Å². The van der Waals surface area contributed by atoms with Crippen LogP contribution < -0.4 is 10.1 Å². The summed E-state index contributed by atoms with van der Waals surface area (Å²) >= 11 is 0. The van der Waals surface area contributed by atoms with E-state index < -0.39 is 0 Å². The summed E-state index contributed by atoms with van der Waals surface area (Å²) in [6, 6.07) is 0. The summed E-state index contributed by atoms with van der Waals surface area (Å²) in [7, 11) is 0. The Balaban J connectivity index is 1.90. The summed E-state index contributed by atoms with van der Waals surface area (Å²) in [6.07, 6.45) is 7.79. The third-order valence-electron chi connectivity index (χ3n) is 3.61. The SMILES string of the molecule is CCOc1cncc(NCC2(CCO)CCC2)n1. The van der Waals surface area contributed by atoms with E-state index >= 15 is 0 Å². The number of nitrogens with one attached hydrogen (secondary N) is 1. The normalized spacial score (nSPS) is 17.0. The summed E-state index contributed by atoms with van der Waals surface area (Å²) in [5.74, 6) is 1.29. The van der Waals surface area contributed by atoms with Crippen LogP contribution in [-0.4, -0.2) is 34.8 Å². The van der Waals surface area contributed by atoms with Crippen LogP contribution in [0.5, 0.6) is 5.88 Å². The molecular weight excluding hydrogens is 230 g/mol. The summed E-state index contributed by atoms with van der Waals surface area (Å²) < 4.78 is 5.31. The Morgan fingerprint density at radius 2 is 2.28 bits per heavy atom. The smallest absolute Gasteiger partial charge is 0.234 e. The number of hydrogen-bond donors (Lipinski definition) is 2. The maximum Gasteiger partial charge on any atom is 0.234 e. The Labute approximate surface area is 108 Å². The van der Waals surface area contributed by atoms with Crippen LogP contribution in [0.3, 0.4) is 0 Å². The first-order valence-corrected chi connectivity index (χ1v) is 6.57. The van der Waals surface area contributed by atoms with Crippen LogP contribution in [0.25, 0.3) is 0 Å². The minimum Gasteiger partial charge on any atom is -0.477 e. The standard InChI is InChI=1S/C13H21N3O2/c1-2-18-12-9-14-8-11(16-12)15-10-13(6-7-17)4-3-5-13/h8-9,17H,2-7,10H2,1H3,(H,15,16). The molecule has 2 N–H and O–H groups in total. The Kier molecular flexibility index (Phi) is 4.36. The molecule has 0 amide bonds. The highest BCUT2D eigenvalue weighted by Crippen LogP contribution is 2.43. The second-order valence-electron chi connectivity index (χ2n) is 4.86. The molecule has 1 aromatic rings.